The standard InChI is InChI=1S/C6H13NO/c1-6(7)4-5(6)2-3-8/h5,8H,2-4,7H2,1H3/t5-,6+/m0/s1/i4D/t4-,5-,6+. The first-order chi connectivity index (χ1) is 4.10. The molecule has 0 aromatic carbocycles. The third-order valence-electron chi connectivity index (χ3n) is 1.69. The quantitative estimate of drug-likeness (QED) is 0.537. The van der Waals surface area contributed by atoms with Crippen LogP contribution < -0.4 is 5.73 Å². The molecule has 0 radical (unpaired) electrons. The zero-order chi connectivity index (χ0) is 7.07. The van der Waals surface area contributed by atoms with Crippen molar-refractivity contribution in [3.8, 4) is 0 Å². The summed E-state index contributed by atoms with van der Waals surface area (Å²) in [6.07, 6.45) is 0.533. The van der Waals surface area contributed by atoms with E-state index in [9.17, 15) is 0 Å². The second kappa shape index (κ2) is 1.71. The lowest BCUT2D eigenvalue weighted by Crippen LogP contribution is -2.19. The van der Waals surface area contributed by atoms with Crippen LogP contribution in [0.4, 0.5) is 0 Å². The topological polar surface area (TPSA) is 46.2 Å². The van der Waals surface area contributed by atoms with Gasteiger partial charge in [0.25, 0.3) is 0 Å². The number of aliphatic hydroxyl groups is 1. The normalized spacial score (nSPS) is 55.6. The maximum atomic E-state index is 8.49. The lowest BCUT2D eigenvalue weighted by molar-refractivity contribution is 0.275. The molecule has 1 aliphatic rings. The second-order valence-corrected chi connectivity index (χ2v) is 2.65. The summed E-state index contributed by atoms with van der Waals surface area (Å²) in [7, 11) is 0. The van der Waals surface area contributed by atoms with Crippen LogP contribution in [0.2, 0.25) is 0 Å². The molecule has 0 aliphatic heterocycles. The second-order valence-electron chi connectivity index (χ2n) is 2.65. The summed E-state index contributed by atoms with van der Waals surface area (Å²) in [6, 6.07) is 0. The lowest BCUT2D eigenvalue weighted by Gasteiger charge is -1.98. The van der Waals surface area contributed by atoms with E-state index >= 15 is 0 Å². The largest absolute Gasteiger partial charge is 0.396 e. The van der Waals surface area contributed by atoms with Crippen LogP contribution in [-0.4, -0.2) is 17.3 Å². The average Bonchev–Trinajstić information content (AvgIpc) is 2.19. The number of hydrogen-bond donors (Lipinski definition) is 2. The van der Waals surface area contributed by atoms with Crippen LogP contribution in [0.5, 0.6) is 0 Å². The minimum Gasteiger partial charge on any atom is -0.396 e. The van der Waals surface area contributed by atoms with Crippen molar-refractivity contribution in [2.75, 3.05) is 6.61 Å². The number of hydrogen-bond acceptors (Lipinski definition) is 2. The van der Waals surface area contributed by atoms with E-state index in [1.165, 1.54) is 0 Å². The zero-order valence-electron chi connectivity index (χ0n) is 6.09. The Morgan fingerprint density at radius 3 is 2.75 bits per heavy atom. The average molecular weight is 116 g/mol. The first-order valence-corrected chi connectivity index (χ1v) is 2.92. The Morgan fingerprint density at radius 1 is 2.12 bits per heavy atom. The van der Waals surface area contributed by atoms with Crippen molar-refractivity contribution in [2.45, 2.75) is 25.3 Å². The van der Waals surface area contributed by atoms with E-state index in [0.717, 1.165) is 0 Å². The van der Waals surface area contributed by atoms with E-state index in [2.05, 4.69) is 0 Å². The highest BCUT2D eigenvalue weighted by Crippen LogP contribution is 2.42. The predicted molar refractivity (Wildman–Crippen MR) is 32.4 cm³/mol. The highest BCUT2D eigenvalue weighted by atomic mass is 16.3. The maximum absolute atomic E-state index is 8.49. The van der Waals surface area contributed by atoms with E-state index in [4.69, 9.17) is 12.2 Å². The van der Waals surface area contributed by atoms with Crippen LogP contribution in [0.3, 0.4) is 0 Å². The smallest absolute Gasteiger partial charge is 0.0434 e. The van der Waals surface area contributed by atoms with Gasteiger partial charge in [-0.25, -0.2) is 0 Å². The molecule has 3 N–H and O–H groups in total. The van der Waals surface area contributed by atoms with Crippen LogP contribution >= 0.6 is 0 Å². The van der Waals surface area contributed by atoms with Crippen LogP contribution in [0.25, 0.3) is 0 Å². The van der Waals surface area contributed by atoms with Crippen molar-refractivity contribution >= 4 is 0 Å². The van der Waals surface area contributed by atoms with Crippen molar-refractivity contribution in [1.29, 1.82) is 0 Å². The Labute approximate surface area is 51.1 Å². The molecule has 0 amide bonds. The SMILES string of the molecule is [2H][C@H]1[C@H](CCO)[C@]1(C)N. The van der Waals surface area contributed by atoms with Crippen molar-refractivity contribution in [3.63, 3.8) is 0 Å². The van der Waals surface area contributed by atoms with Gasteiger partial charge in [-0.2, -0.15) is 0 Å². The molecule has 0 bridgehead atoms. The summed E-state index contributed by atoms with van der Waals surface area (Å²) in [4.78, 5) is 0. The number of nitrogens with two attached hydrogens (primary N) is 1. The molecule has 1 fully saturated rings. The van der Waals surface area contributed by atoms with Crippen LogP contribution in [0.15, 0.2) is 0 Å². The van der Waals surface area contributed by atoms with Crippen molar-refractivity contribution < 1.29 is 6.48 Å². The first kappa shape index (κ1) is 4.77. The number of aliphatic hydroxyl groups excluding tert-OH is 1. The van der Waals surface area contributed by atoms with Gasteiger partial charge < -0.3 is 10.8 Å². The first-order valence-electron chi connectivity index (χ1n) is 3.50. The van der Waals surface area contributed by atoms with Gasteiger partial charge in [-0.3, -0.25) is 0 Å². The Balaban J connectivity index is 2.33. The molecule has 2 nitrogen and oxygen atoms in total. The molecule has 1 rings (SSSR count). The van der Waals surface area contributed by atoms with Gasteiger partial charge in [0.1, 0.15) is 0 Å². The summed E-state index contributed by atoms with van der Waals surface area (Å²) >= 11 is 0. The monoisotopic (exact) mass is 116 g/mol. The molecular formula is C6H13NO. The van der Waals surface area contributed by atoms with E-state index in [1.54, 1.807) is 0 Å². The van der Waals surface area contributed by atoms with Gasteiger partial charge in [-0.15, -0.1) is 0 Å². The summed E-state index contributed by atoms with van der Waals surface area (Å²) in [5.74, 6) is 0.225. The molecule has 0 unspecified atom stereocenters. The Morgan fingerprint density at radius 2 is 2.62 bits per heavy atom. The minimum atomic E-state index is -0.317. The zero-order valence-corrected chi connectivity index (χ0v) is 5.09. The summed E-state index contributed by atoms with van der Waals surface area (Å²) in [5.41, 5.74) is 5.32. The molecule has 0 heterocycles. The summed E-state index contributed by atoms with van der Waals surface area (Å²) < 4.78 is 7.32. The van der Waals surface area contributed by atoms with Crippen molar-refractivity contribution in [1.82, 2.24) is 0 Å². The van der Waals surface area contributed by atoms with Gasteiger partial charge in [0, 0.05) is 13.5 Å². The van der Waals surface area contributed by atoms with Gasteiger partial charge in [-0.1, -0.05) is 0 Å². The van der Waals surface area contributed by atoms with Crippen molar-refractivity contribution in [3.05, 3.63) is 0 Å². The van der Waals surface area contributed by atoms with E-state index in [0.29, 0.717) is 6.42 Å². The molecule has 8 heavy (non-hydrogen) atoms. The molecule has 0 aromatic heterocycles. The van der Waals surface area contributed by atoms with E-state index in [-0.39, 0.29) is 24.5 Å². The van der Waals surface area contributed by atoms with Crippen molar-refractivity contribution in [2.24, 2.45) is 11.7 Å². The summed E-state index contributed by atoms with van der Waals surface area (Å²) in [6.45, 7) is 2.03. The van der Waals surface area contributed by atoms with Gasteiger partial charge >= 0.3 is 0 Å². The van der Waals surface area contributed by atoms with Crippen LogP contribution in [0.1, 0.15) is 21.1 Å². The third kappa shape index (κ3) is 1.01. The lowest BCUT2D eigenvalue weighted by atomic mass is 10.2. The molecule has 0 aromatic rings. The van der Waals surface area contributed by atoms with Crippen LogP contribution in [0, 0.1) is 5.92 Å². The molecular weight excluding hydrogens is 102 g/mol. The van der Waals surface area contributed by atoms with Gasteiger partial charge in [-0.05, 0) is 25.7 Å². The molecule has 0 spiro atoms. The molecule has 48 valence electrons. The van der Waals surface area contributed by atoms with Gasteiger partial charge in [0.15, 0.2) is 0 Å². The van der Waals surface area contributed by atoms with E-state index < -0.39 is 0 Å². The number of rotatable bonds is 2. The van der Waals surface area contributed by atoms with Crippen LogP contribution in [-0.2, 0) is 0 Å². The van der Waals surface area contributed by atoms with Gasteiger partial charge in [0.05, 0.1) is 0 Å². The maximum Gasteiger partial charge on any atom is 0.0434 e. The molecule has 2 heteroatoms. The fraction of sp³-hybridized carbons (Fsp3) is 1.00. The predicted octanol–water partition coefficient (Wildman–Crippen LogP) is 0.106. The Kier molecular flexibility index (Phi) is 1.02. The minimum absolute atomic E-state index is 0.148. The Bertz CT molecular complexity index is 116. The highest BCUT2D eigenvalue weighted by Gasteiger charge is 2.45. The fourth-order valence-electron chi connectivity index (χ4n) is 0.919. The molecule has 3 atom stereocenters. The molecule has 0 saturated heterocycles. The van der Waals surface area contributed by atoms with E-state index in [1.807, 2.05) is 6.92 Å². The molecule has 1 aliphatic carbocycles. The highest BCUT2D eigenvalue weighted by molar-refractivity contribution is 5.03. The third-order valence-corrected chi connectivity index (χ3v) is 1.69. The summed E-state index contributed by atoms with van der Waals surface area (Å²) in [5, 5.41) is 8.49. The fourth-order valence-corrected chi connectivity index (χ4v) is 0.919. The molecule has 1 saturated carbocycles. The van der Waals surface area contributed by atoms with Gasteiger partial charge in [0.2, 0.25) is 0 Å². The Hall–Kier alpha value is -0.0800.